The van der Waals surface area contributed by atoms with E-state index in [0.717, 1.165) is 17.5 Å². The molecule has 1 aromatic heterocycles. The summed E-state index contributed by atoms with van der Waals surface area (Å²) in [6.45, 7) is 6.28. The summed E-state index contributed by atoms with van der Waals surface area (Å²) in [5, 5.41) is 7.11. The van der Waals surface area contributed by atoms with Crippen LogP contribution in [-0.4, -0.2) is 34.3 Å². The molecule has 0 atom stereocenters. The standard InChI is InChI=1S/C18H23N3O3/c1-18(2,3)24-17(23)19-9-10-21-12-15(13-22)16(20-21)11-14-7-5-4-6-8-14/h4-8,12-13H,9-11H2,1-3H3,(H,19,23). The number of rotatable bonds is 6. The third-order valence-corrected chi connectivity index (χ3v) is 3.22. The summed E-state index contributed by atoms with van der Waals surface area (Å²) in [6, 6.07) is 9.86. The molecule has 2 rings (SSSR count). The van der Waals surface area contributed by atoms with Crippen LogP contribution in [0.4, 0.5) is 4.79 Å². The molecule has 6 nitrogen and oxygen atoms in total. The van der Waals surface area contributed by atoms with Crippen LogP contribution in [0.3, 0.4) is 0 Å². The van der Waals surface area contributed by atoms with Crippen molar-refractivity contribution < 1.29 is 14.3 Å². The van der Waals surface area contributed by atoms with Crippen LogP contribution in [0.15, 0.2) is 36.5 Å². The Morgan fingerprint density at radius 2 is 2.00 bits per heavy atom. The highest BCUT2D eigenvalue weighted by atomic mass is 16.6. The average molecular weight is 329 g/mol. The second-order valence-corrected chi connectivity index (χ2v) is 6.50. The van der Waals surface area contributed by atoms with Gasteiger partial charge in [-0.05, 0) is 26.3 Å². The largest absolute Gasteiger partial charge is 0.444 e. The summed E-state index contributed by atoms with van der Waals surface area (Å²) in [7, 11) is 0. The SMILES string of the molecule is CC(C)(C)OC(=O)NCCn1cc(C=O)c(Cc2ccccc2)n1. The van der Waals surface area contributed by atoms with Gasteiger partial charge < -0.3 is 10.1 Å². The first-order chi connectivity index (χ1) is 11.4. The van der Waals surface area contributed by atoms with Gasteiger partial charge in [0.05, 0.1) is 17.8 Å². The van der Waals surface area contributed by atoms with E-state index in [1.165, 1.54) is 0 Å². The molecule has 0 saturated carbocycles. The molecule has 0 aliphatic carbocycles. The quantitative estimate of drug-likeness (QED) is 0.827. The van der Waals surface area contributed by atoms with Gasteiger partial charge in [0.2, 0.25) is 0 Å². The van der Waals surface area contributed by atoms with Crippen molar-refractivity contribution in [3.05, 3.63) is 53.3 Å². The lowest BCUT2D eigenvalue weighted by Crippen LogP contribution is -2.34. The van der Waals surface area contributed by atoms with Crippen molar-refractivity contribution >= 4 is 12.4 Å². The number of nitrogens with zero attached hydrogens (tertiary/aromatic N) is 2. The van der Waals surface area contributed by atoms with Crippen LogP contribution in [-0.2, 0) is 17.7 Å². The smallest absolute Gasteiger partial charge is 0.407 e. The molecule has 0 bridgehead atoms. The van der Waals surface area contributed by atoms with E-state index in [1.54, 1.807) is 10.9 Å². The number of aldehydes is 1. The van der Waals surface area contributed by atoms with Gasteiger partial charge in [0.25, 0.3) is 0 Å². The second kappa shape index (κ2) is 7.77. The van der Waals surface area contributed by atoms with Gasteiger partial charge in [-0.25, -0.2) is 4.79 Å². The summed E-state index contributed by atoms with van der Waals surface area (Å²) in [6.07, 6.45) is 2.64. The number of hydrogen-bond donors (Lipinski definition) is 1. The van der Waals surface area contributed by atoms with E-state index in [4.69, 9.17) is 4.74 Å². The molecule has 1 N–H and O–H groups in total. The van der Waals surface area contributed by atoms with Crippen molar-refractivity contribution in [3.8, 4) is 0 Å². The molecule has 6 heteroatoms. The van der Waals surface area contributed by atoms with E-state index in [1.807, 2.05) is 51.1 Å². The third kappa shape index (κ3) is 5.53. The van der Waals surface area contributed by atoms with Crippen molar-refractivity contribution in [1.82, 2.24) is 15.1 Å². The predicted molar refractivity (Wildman–Crippen MR) is 91.1 cm³/mol. The van der Waals surface area contributed by atoms with Gasteiger partial charge in [-0.2, -0.15) is 5.10 Å². The monoisotopic (exact) mass is 329 g/mol. The van der Waals surface area contributed by atoms with E-state index in [2.05, 4.69) is 10.4 Å². The zero-order chi connectivity index (χ0) is 17.6. The Morgan fingerprint density at radius 3 is 2.62 bits per heavy atom. The number of carbonyl (C=O) groups excluding carboxylic acids is 2. The number of aromatic nitrogens is 2. The summed E-state index contributed by atoms with van der Waals surface area (Å²) in [5.74, 6) is 0. The number of hydrogen-bond acceptors (Lipinski definition) is 4. The van der Waals surface area contributed by atoms with Crippen LogP contribution in [0, 0.1) is 0 Å². The number of amides is 1. The number of benzene rings is 1. The minimum absolute atomic E-state index is 0.375. The highest BCUT2D eigenvalue weighted by Gasteiger charge is 2.15. The lowest BCUT2D eigenvalue weighted by molar-refractivity contribution is 0.0525. The molecule has 0 fully saturated rings. The Kier molecular flexibility index (Phi) is 5.73. The first kappa shape index (κ1) is 17.7. The van der Waals surface area contributed by atoms with Gasteiger partial charge in [0.15, 0.2) is 6.29 Å². The summed E-state index contributed by atoms with van der Waals surface area (Å²) in [5.41, 5.74) is 1.87. The van der Waals surface area contributed by atoms with Crippen molar-refractivity contribution in [2.24, 2.45) is 0 Å². The second-order valence-electron chi connectivity index (χ2n) is 6.50. The Hall–Kier alpha value is -2.63. The fourth-order valence-electron chi connectivity index (χ4n) is 2.20. The maximum Gasteiger partial charge on any atom is 0.407 e. The molecule has 2 aromatic rings. The van der Waals surface area contributed by atoms with Crippen molar-refractivity contribution in [2.75, 3.05) is 6.54 Å². The van der Waals surface area contributed by atoms with Gasteiger partial charge >= 0.3 is 6.09 Å². The average Bonchev–Trinajstić information content (AvgIpc) is 2.88. The lowest BCUT2D eigenvalue weighted by Gasteiger charge is -2.19. The minimum atomic E-state index is -0.524. The van der Waals surface area contributed by atoms with Gasteiger partial charge in [0.1, 0.15) is 5.60 Å². The molecule has 0 unspecified atom stereocenters. The lowest BCUT2D eigenvalue weighted by atomic mass is 10.1. The molecular formula is C18H23N3O3. The Labute approximate surface area is 141 Å². The van der Waals surface area contributed by atoms with Crippen molar-refractivity contribution in [1.29, 1.82) is 0 Å². The van der Waals surface area contributed by atoms with Crippen LogP contribution in [0.2, 0.25) is 0 Å². The topological polar surface area (TPSA) is 73.2 Å². The van der Waals surface area contributed by atoms with Crippen molar-refractivity contribution in [3.63, 3.8) is 0 Å². The van der Waals surface area contributed by atoms with Crippen LogP contribution >= 0.6 is 0 Å². The molecule has 24 heavy (non-hydrogen) atoms. The third-order valence-electron chi connectivity index (χ3n) is 3.22. The van der Waals surface area contributed by atoms with E-state index in [9.17, 15) is 9.59 Å². The van der Waals surface area contributed by atoms with Crippen LogP contribution in [0.25, 0.3) is 0 Å². The van der Waals surface area contributed by atoms with Gasteiger partial charge in [-0.1, -0.05) is 30.3 Å². The molecule has 0 aliphatic heterocycles. The minimum Gasteiger partial charge on any atom is -0.444 e. The first-order valence-corrected chi connectivity index (χ1v) is 7.89. The Balaban J connectivity index is 1.92. The number of nitrogens with one attached hydrogen (secondary N) is 1. The number of carbonyl (C=O) groups is 2. The summed E-state index contributed by atoms with van der Waals surface area (Å²) < 4.78 is 6.83. The fourth-order valence-corrected chi connectivity index (χ4v) is 2.20. The molecule has 1 heterocycles. The summed E-state index contributed by atoms with van der Waals surface area (Å²) in [4.78, 5) is 22.8. The number of alkyl carbamates (subject to hydrolysis) is 1. The highest BCUT2D eigenvalue weighted by molar-refractivity contribution is 5.76. The molecule has 1 aromatic carbocycles. The maximum absolute atomic E-state index is 11.6. The fraction of sp³-hybridized carbons (Fsp3) is 0.389. The molecule has 0 spiro atoms. The molecule has 0 saturated heterocycles. The molecule has 128 valence electrons. The van der Waals surface area contributed by atoms with Crippen molar-refractivity contribution in [2.45, 2.75) is 39.3 Å². The van der Waals surface area contributed by atoms with E-state index >= 15 is 0 Å². The van der Waals surface area contributed by atoms with Crippen LogP contribution in [0.1, 0.15) is 42.4 Å². The molecule has 0 aliphatic rings. The normalized spacial score (nSPS) is 11.1. The first-order valence-electron chi connectivity index (χ1n) is 7.89. The number of ether oxygens (including phenoxy) is 1. The Bertz CT molecular complexity index is 687. The van der Waals surface area contributed by atoms with E-state index in [-0.39, 0.29) is 0 Å². The van der Waals surface area contributed by atoms with E-state index in [0.29, 0.717) is 25.1 Å². The zero-order valence-electron chi connectivity index (χ0n) is 14.3. The predicted octanol–water partition coefficient (Wildman–Crippen LogP) is 2.81. The maximum atomic E-state index is 11.6. The molecular weight excluding hydrogens is 306 g/mol. The van der Waals surface area contributed by atoms with E-state index < -0.39 is 11.7 Å². The summed E-state index contributed by atoms with van der Waals surface area (Å²) >= 11 is 0. The van der Waals surface area contributed by atoms with Gasteiger partial charge in [-0.15, -0.1) is 0 Å². The van der Waals surface area contributed by atoms with Crippen LogP contribution < -0.4 is 5.32 Å². The van der Waals surface area contributed by atoms with Gasteiger partial charge in [-0.3, -0.25) is 9.48 Å². The highest BCUT2D eigenvalue weighted by Crippen LogP contribution is 2.11. The Morgan fingerprint density at radius 1 is 1.29 bits per heavy atom. The molecule has 0 radical (unpaired) electrons. The van der Waals surface area contributed by atoms with Crippen LogP contribution in [0.5, 0.6) is 0 Å². The molecule has 1 amide bonds. The zero-order valence-corrected chi connectivity index (χ0v) is 14.3. The van der Waals surface area contributed by atoms with Gasteiger partial charge in [0, 0.05) is 19.2 Å².